The van der Waals surface area contributed by atoms with Gasteiger partial charge in [0, 0.05) is 32.7 Å². The van der Waals surface area contributed by atoms with Crippen LogP contribution in [-0.4, -0.2) is 48.9 Å². The Labute approximate surface area is 141 Å². The molecule has 1 aromatic rings. The topological polar surface area (TPSA) is 75.7 Å². The zero-order valence-electron chi connectivity index (χ0n) is 13.6. The number of fused-ring (bicyclic) bond motifs is 1. The Hall–Kier alpha value is -2.21. The number of ether oxygens (including phenoxy) is 1. The summed E-state index contributed by atoms with van der Waals surface area (Å²) in [7, 11) is 0. The smallest absolute Gasteiger partial charge is 0.261 e. The van der Waals surface area contributed by atoms with Crippen molar-refractivity contribution in [3.05, 3.63) is 35.4 Å². The van der Waals surface area contributed by atoms with Gasteiger partial charge in [0.1, 0.15) is 0 Å². The number of benzene rings is 1. The Bertz CT molecular complexity index is 603. The highest BCUT2D eigenvalue weighted by molar-refractivity contribution is 6.21. The van der Waals surface area contributed by atoms with Crippen molar-refractivity contribution in [1.82, 2.24) is 10.2 Å². The highest BCUT2D eigenvalue weighted by atomic mass is 16.5. The molecule has 0 aromatic heterocycles. The van der Waals surface area contributed by atoms with Crippen LogP contribution in [0, 0.1) is 5.92 Å². The molecule has 0 radical (unpaired) electrons. The van der Waals surface area contributed by atoms with Crippen molar-refractivity contribution >= 4 is 17.7 Å². The minimum atomic E-state index is -0.314. The van der Waals surface area contributed by atoms with Crippen LogP contribution in [0.3, 0.4) is 0 Å². The van der Waals surface area contributed by atoms with Gasteiger partial charge >= 0.3 is 0 Å². The SMILES string of the molecule is O=C(CCN1C(=O)c2ccccc2C1=O)NCCC1CCOCC1. The molecule has 2 aliphatic rings. The summed E-state index contributed by atoms with van der Waals surface area (Å²) in [5.74, 6) is -0.148. The largest absolute Gasteiger partial charge is 0.381 e. The van der Waals surface area contributed by atoms with Gasteiger partial charge in [-0.1, -0.05) is 12.1 Å². The molecule has 0 atom stereocenters. The third kappa shape index (κ3) is 3.64. The van der Waals surface area contributed by atoms with Crippen molar-refractivity contribution in [2.75, 3.05) is 26.3 Å². The molecular weight excluding hydrogens is 308 g/mol. The van der Waals surface area contributed by atoms with Crippen molar-refractivity contribution in [2.45, 2.75) is 25.7 Å². The number of nitrogens with zero attached hydrogens (tertiary/aromatic N) is 1. The molecule has 0 unspecified atom stereocenters. The first-order valence-electron chi connectivity index (χ1n) is 8.46. The maximum atomic E-state index is 12.2. The normalized spacial score (nSPS) is 17.9. The number of carbonyl (C=O) groups excluding carboxylic acids is 3. The number of nitrogens with one attached hydrogen (secondary N) is 1. The molecule has 1 fully saturated rings. The minimum absolute atomic E-state index is 0.120. The Morgan fingerprint density at radius 2 is 1.75 bits per heavy atom. The standard InChI is InChI=1S/C18H22N2O4/c21-16(19-9-5-13-7-11-24-12-8-13)6-10-20-17(22)14-3-1-2-4-15(14)18(20)23/h1-4,13H,5-12H2,(H,19,21). The van der Waals surface area contributed by atoms with E-state index in [-0.39, 0.29) is 30.7 Å². The fraction of sp³-hybridized carbons (Fsp3) is 0.500. The highest BCUT2D eigenvalue weighted by Crippen LogP contribution is 2.22. The number of hydrogen-bond acceptors (Lipinski definition) is 4. The van der Waals surface area contributed by atoms with E-state index in [4.69, 9.17) is 4.74 Å². The van der Waals surface area contributed by atoms with Gasteiger partial charge in [0.15, 0.2) is 0 Å². The minimum Gasteiger partial charge on any atom is -0.381 e. The van der Waals surface area contributed by atoms with E-state index in [9.17, 15) is 14.4 Å². The molecule has 6 nitrogen and oxygen atoms in total. The molecule has 0 spiro atoms. The molecule has 0 aliphatic carbocycles. The number of rotatable bonds is 6. The van der Waals surface area contributed by atoms with Crippen LogP contribution in [0.25, 0.3) is 0 Å². The predicted molar refractivity (Wildman–Crippen MR) is 87.6 cm³/mol. The first-order chi connectivity index (χ1) is 11.7. The zero-order chi connectivity index (χ0) is 16.9. The number of carbonyl (C=O) groups is 3. The zero-order valence-corrected chi connectivity index (χ0v) is 13.6. The summed E-state index contributed by atoms with van der Waals surface area (Å²) in [5.41, 5.74) is 0.838. The molecule has 3 amide bonds. The summed E-state index contributed by atoms with van der Waals surface area (Å²) in [6.45, 7) is 2.36. The fourth-order valence-electron chi connectivity index (χ4n) is 3.19. The summed E-state index contributed by atoms with van der Waals surface area (Å²) >= 11 is 0. The lowest BCUT2D eigenvalue weighted by atomic mass is 9.97. The van der Waals surface area contributed by atoms with Gasteiger partial charge in [-0.05, 0) is 37.3 Å². The Morgan fingerprint density at radius 1 is 1.12 bits per heavy atom. The van der Waals surface area contributed by atoms with E-state index in [0.717, 1.165) is 37.4 Å². The molecule has 2 heterocycles. The Balaban J connectivity index is 1.42. The van der Waals surface area contributed by atoms with E-state index < -0.39 is 0 Å². The third-order valence-corrected chi connectivity index (χ3v) is 4.66. The van der Waals surface area contributed by atoms with E-state index in [1.54, 1.807) is 24.3 Å². The van der Waals surface area contributed by atoms with Crippen LogP contribution >= 0.6 is 0 Å². The first-order valence-corrected chi connectivity index (χ1v) is 8.46. The lowest BCUT2D eigenvalue weighted by Gasteiger charge is -2.22. The van der Waals surface area contributed by atoms with E-state index in [1.165, 1.54) is 0 Å². The van der Waals surface area contributed by atoms with Crippen molar-refractivity contribution in [3.63, 3.8) is 0 Å². The number of amides is 3. The highest BCUT2D eigenvalue weighted by Gasteiger charge is 2.34. The summed E-state index contributed by atoms with van der Waals surface area (Å²) in [6.07, 6.45) is 3.18. The molecule has 0 saturated carbocycles. The Kier molecular flexibility index (Phi) is 5.25. The molecule has 0 bridgehead atoms. The van der Waals surface area contributed by atoms with Crippen LogP contribution < -0.4 is 5.32 Å². The maximum Gasteiger partial charge on any atom is 0.261 e. The van der Waals surface area contributed by atoms with Crippen LogP contribution in [-0.2, 0) is 9.53 Å². The number of hydrogen-bond donors (Lipinski definition) is 1. The second-order valence-corrected chi connectivity index (χ2v) is 6.25. The molecule has 1 N–H and O–H groups in total. The second-order valence-electron chi connectivity index (χ2n) is 6.25. The third-order valence-electron chi connectivity index (χ3n) is 4.66. The van der Waals surface area contributed by atoms with Gasteiger partial charge in [0.2, 0.25) is 5.91 Å². The van der Waals surface area contributed by atoms with E-state index in [1.807, 2.05) is 0 Å². The van der Waals surface area contributed by atoms with Gasteiger partial charge in [0.25, 0.3) is 11.8 Å². The maximum absolute atomic E-state index is 12.2. The van der Waals surface area contributed by atoms with E-state index >= 15 is 0 Å². The molecule has 2 aliphatic heterocycles. The summed E-state index contributed by atoms with van der Waals surface area (Å²) in [6, 6.07) is 6.75. The molecular formula is C18H22N2O4. The summed E-state index contributed by atoms with van der Waals surface area (Å²) < 4.78 is 5.31. The van der Waals surface area contributed by atoms with E-state index in [0.29, 0.717) is 23.6 Å². The van der Waals surface area contributed by atoms with Crippen LogP contribution in [0.1, 0.15) is 46.4 Å². The van der Waals surface area contributed by atoms with Crippen LogP contribution in [0.2, 0.25) is 0 Å². The van der Waals surface area contributed by atoms with Gasteiger partial charge in [-0.15, -0.1) is 0 Å². The van der Waals surface area contributed by atoms with Gasteiger partial charge in [-0.3, -0.25) is 19.3 Å². The quantitative estimate of drug-likeness (QED) is 0.804. The van der Waals surface area contributed by atoms with Crippen molar-refractivity contribution in [1.29, 1.82) is 0 Å². The molecule has 1 saturated heterocycles. The van der Waals surface area contributed by atoms with Gasteiger partial charge in [-0.2, -0.15) is 0 Å². The Morgan fingerprint density at radius 3 is 2.38 bits per heavy atom. The van der Waals surface area contributed by atoms with E-state index in [2.05, 4.69) is 5.32 Å². The predicted octanol–water partition coefficient (Wildman–Crippen LogP) is 1.61. The molecule has 1 aromatic carbocycles. The number of imide groups is 1. The fourth-order valence-corrected chi connectivity index (χ4v) is 3.19. The average Bonchev–Trinajstić information content (AvgIpc) is 2.85. The van der Waals surface area contributed by atoms with Crippen molar-refractivity contribution in [3.8, 4) is 0 Å². The average molecular weight is 330 g/mol. The molecule has 3 rings (SSSR count). The summed E-state index contributed by atoms with van der Waals surface area (Å²) in [4.78, 5) is 37.5. The van der Waals surface area contributed by atoms with Gasteiger partial charge in [0.05, 0.1) is 11.1 Å². The van der Waals surface area contributed by atoms with Gasteiger partial charge in [-0.25, -0.2) is 0 Å². The lowest BCUT2D eigenvalue weighted by Crippen LogP contribution is -2.35. The van der Waals surface area contributed by atoms with Gasteiger partial charge < -0.3 is 10.1 Å². The monoisotopic (exact) mass is 330 g/mol. The molecule has 24 heavy (non-hydrogen) atoms. The summed E-state index contributed by atoms with van der Waals surface area (Å²) in [5, 5.41) is 2.88. The van der Waals surface area contributed by atoms with Crippen molar-refractivity contribution < 1.29 is 19.1 Å². The van der Waals surface area contributed by atoms with Crippen LogP contribution in [0.4, 0.5) is 0 Å². The lowest BCUT2D eigenvalue weighted by molar-refractivity contribution is -0.121. The molecule has 128 valence electrons. The molecule has 6 heteroatoms. The first kappa shape index (κ1) is 16.6. The second kappa shape index (κ2) is 7.57. The van der Waals surface area contributed by atoms with Crippen LogP contribution in [0.15, 0.2) is 24.3 Å². The van der Waals surface area contributed by atoms with Crippen molar-refractivity contribution in [2.24, 2.45) is 5.92 Å². The van der Waals surface area contributed by atoms with Crippen LogP contribution in [0.5, 0.6) is 0 Å².